The smallest absolute Gasteiger partial charge is 0.335 e. The Morgan fingerprint density at radius 2 is 1.79 bits per heavy atom. The molecule has 0 unspecified atom stereocenters. The molecular formula is C25H22N6O3. The van der Waals surface area contributed by atoms with E-state index in [2.05, 4.69) is 9.97 Å². The number of nitrogens with one attached hydrogen (secondary N) is 2. The van der Waals surface area contributed by atoms with Crippen LogP contribution in [0.4, 0.5) is 0 Å². The molecule has 9 heteroatoms. The third-order valence-corrected chi connectivity index (χ3v) is 5.59. The van der Waals surface area contributed by atoms with E-state index in [1.165, 1.54) is 12.1 Å². The van der Waals surface area contributed by atoms with Gasteiger partial charge in [0.2, 0.25) is 0 Å². The fourth-order valence-electron chi connectivity index (χ4n) is 3.91. The average molecular weight is 454 g/mol. The number of carboxylic acids is 1. The van der Waals surface area contributed by atoms with Crippen LogP contribution in [0.25, 0.3) is 22.1 Å². The molecule has 2 aromatic heterocycles. The Kier molecular flexibility index (Phi) is 5.43. The molecule has 0 spiro atoms. The van der Waals surface area contributed by atoms with Crippen LogP contribution in [0.15, 0.2) is 66.7 Å². The Bertz CT molecular complexity index is 1480. The molecule has 5 aromatic rings. The van der Waals surface area contributed by atoms with Crippen molar-refractivity contribution in [3.05, 3.63) is 89.5 Å². The second-order valence-electron chi connectivity index (χ2n) is 7.85. The number of para-hydroxylation sites is 2. The lowest BCUT2D eigenvalue weighted by Gasteiger charge is -2.11. The number of imidazole rings is 2. The minimum atomic E-state index is -0.979. The molecule has 0 atom stereocenters. The van der Waals surface area contributed by atoms with Crippen LogP contribution in [0, 0.1) is 5.41 Å². The van der Waals surface area contributed by atoms with Gasteiger partial charge in [-0.15, -0.1) is 0 Å². The zero-order chi connectivity index (χ0) is 23.7. The summed E-state index contributed by atoms with van der Waals surface area (Å²) in [4.78, 5) is 23.9. The first-order valence-electron chi connectivity index (χ1n) is 10.7. The Hall–Kier alpha value is -4.66. The highest BCUT2D eigenvalue weighted by atomic mass is 16.5. The molecule has 5 N–H and O–H groups in total. The summed E-state index contributed by atoms with van der Waals surface area (Å²) in [7, 11) is 0. The summed E-state index contributed by atoms with van der Waals surface area (Å²) in [5.74, 6) is 1.20. The molecule has 0 bridgehead atoms. The molecule has 0 saturated heterocycles. The van der Waals surface area contributed by atoms with Gasteiger partial charge in [0, 0.05) is 5.56 Å². The second kappa shape index (κ2) is 8.70. The number of fused-ring (bicyclic) bond motifs is 2. The van der Waals surface area contributed by atoms with E-state index in [1.54, 1.807) is 18.2 Å². The number of carbonyl (C=O) groups is 1. The topological polar surface area (TPSA) is 143 Å². The van der Waals surface area contributed by atoms with Crippen LogP contribution >= 0.6 is 0 Å². The molecule has 0 aliphatic heterocycles. The lowest BCUT2D eigenvalue weighted by atomic mass is 10.2. The van der Waals surface area contributed by atoms with E-state index in [0.29, 0.717) is 30.9 Å². The van der Waals surface area contributed by atoms with Crippen molar-refractivity contribution in [1.82, 2.24) is 19.5 Å². The largest absolute Gasteiger partial charge is 0.492 e. The molecule has 9 nitrogen and oxygen atoms in total. The molecule has 0 aliphatic rings. The summed E-state index contributed by atoms with van der Waals surface area (Å²) in [5.41, 5.74) is 10.0. The lowest BCUT2D eigenvalue weighted by Crippen LogP contribution is -2.13. The maximum Gasteiger partial charge on any atom is 0.335 e. The molecule has 0 radical (unpaired) electrons. The second-order valence-corrected chi connectivity index (χ2v) is 7.85. The maximum absolute atomic E-state index is 11.0. The average Bonchev–Trinajstić information content (AvgIpc) is 3.39. The van der Waals surface area contributed by atoms with Crippen molar-refractivity contribution in [2.45, 2.75) is 13.0 Å². The normalized spacial score (nSPS) is 11.2. The first-order chi connectivity index (χ1) is 16.5. The van der Waals surface area contributed by atoms with Crippen LogP contribution < -0.4 is 10.5 Å². The summed E-state index contributed by atoms with van der Waals surface area (Å²) >= 11 is 0. The highest BCUT2D eigenvalue weighted by Crippen LogP contribution is 2.21. The van der Waals surface area contributed by atoms with Crippen LogP contribution in [0.5, 0.6) is 5.75 Å². The number of rotatable bonds is 8. The van der Waals surface area contributed by atoms with Crippen molar-refractivity contribution in [2.75, 3.05) is 6.61 Å². The summed E-state index contributed by atoms with van der Waals surface area (Å²) in [5, 5.41) is 16.8. The Labute approximate surface area is 194 Å². The lowest BCUT2D eigenvalue weighted by molar-refractivity contribution is 0.0697. The number of nitrogen functional groups attached to an aromatic ring is 1. The Balaban J connectivity index is 1.43. The van der Waals surface area contributed by atoms with Gasteiger partial charge in [0.25, 0.3) is 0 Å². The van der Waals surface area contributed by atoms with Crippen LogP contribution in [0.3, 0.4) is 0 Å². The van der Waals surface area contributed by atoms with Gasteiger partial charge in [-0.25, -0.2) is 14.8 Å². The molecule has 0 aliphatic carbocycles. The van der Waals surface area contributed by atoms with E-state index in [1.807, 2.05) is 41.0 Å². The van der Waals surface area contributed by atoms with Crippen LogP contribution in [-0.2, 0) is 13.0 Å². The summed E-state index contributed by atoms with van der Waals surface area (Å²) < 4.78 is 7.90. The first-order valence-corrected chi connectivity index (χ1v) is 10.7. The van der Waals surface area contributed by atoms with Crippen molar-refractivity contribution >= 4 is 33.9 Å². The van der Waals surface area contributed by atoms with Gasteiger partial charge < -0.3 is 25.1 Å². The highest BCUT2D eigenvalue weighted by Gasteiger charge is 2.15. The number of aromatic carboxylic acids is 1. The van der Waals surface area contributed by atoms with E-state index in [4.69, 9.17) is 26.0 Å². The SMILES string of the molecule is N=C(N)c1ccc2nc(Cc3nc4ccccc4[nH]3)n(CCOc3ccc(C(=O)O)cc3)c2c1. The van der Waals surface area contributed by atoms with Gasteiger partial charge in [0.15, 0.2) is 0 Å². The Morgan fingerprint density at radius 1 is 1.03 bits per heavy atom. The van der Waals surface area contributed by atoms with Crippen molar-refractivity contribution in [2.24, 2.45) is 5.73 Å². The minimum absolute atomic E-state index is 0.0109. The van der Waals surface area contributed by atoms with Gasteiger partial charge in [0.05, 0.1) is 40.6 Å². The van der Waals surface area contributed by atoms with Crippen molar-refractivity contribution in [1.29, 1.82) is 5.41 Å². The molecule has 2 heterocycles. The number of hydrogen-bond donors (Lipinski definition) is 4. The summed E-state index contributed by atoms with van der Waals surface area (Å²) in [6.07, 6.45) is 0.492. The molecule has 34 heavy (non-hydrogen) atoms. The third-order valence-electron chi connectivity index (χ3n) is 5.59. The van der Waals surface area contributed by atoms with Crippen LogP contribution in [0.1, 0.15) is 27.6 Å². The molecule has 0 fully saturated rings. The van der Waals surface area contributed by atoms with Gasteiger partial charge in [0.1, 0.15) is 29.8 Å². The van der Waals surface area contributed by atoms with Gasteiger partial charge >= 0.3 is 5.97 Å². The van der Waals surface area contributed by atoms with Crippen LogP contribution in [0.2, 0.25) is 0 Å². The zero-order valence-corrected chi connectivity index (χ0v) is 18.2. The molecule has 3 aromatic carbocycles. The highest BCUT2D eigenvalue weighted by molar-refractivity contribution is 5.98. The zero-order valence-electron chi connectivity index (χ0n) is 18.2. The number of benzene rings is 3. The standard InChI is InChI=1S/C25H22N6O3/c26-24(27)16-7-10-20-21(13-16)31(11-12-34-17-8-5-15(6-9-17)25(32)33)23(30-20)14-22-28-18-3-1-2-4-19(18)29-22/h1-10,13H,11-12,14H2,(H3,26,27)(H,28,29)(H,32,33). The molecular weight excluding hydrogens is 432 g/mol. The van der Waals surface area contributed by atoms with E-state index in [0.717, 1.165) is 33.7 Å². The van der Waals surface area contributed by atoms with Crippen molar-refractivity contribution in [3.63, 3.8) is 0 Å². The number of carboxylic acid groups (broad SMARTS) is 1. The van der Waals surface area contributed by atoms with Gasteiger partial charge in [-0.3, -0.25) is 5.41 Å². The van der Waals surface area contributed by atoms with E-state index in [9.17, 15) is 4.79 Å². The number of nitrogens with two attached hydrogens (primary N) is 1. The third kappa shape index (κ3) is 4.18. The predicted octanol–water partition coefficient (Wildman–Crippen LogP) is 3.56. The molecule has 0 amide bonds. The quantitative estimate of drug-likeness (QED) is 0.208. The van der Waals surface area contributed by atoms with E-state index < -0.39 is 5.97 Å². The van der Waals surface area contributed by atoms with Gasteiger partial charge in [-0.1, -0.05) is 12.1 Å². The molecule has 170 valence electrons. The number of H-pyrrole nitrogens is 1. The van der Waals surface area contributed by atoms with Crippen molar-refractivity contribution < 1.29 is 14.6 Å². The monoisotopic (exact) mass is 454 g/mol. The Morgan fingerprint density at radius 3 is 2.53 bits per heavy atom. The number of amidine groups is 1. The maximum atomic E-state index is 11.0. The molecule has 0 saturated carbocycles. The van der Waals surface area contributed by atoms with E-state index >= 15 is 0 Å². The number of aromatic amines is 1. The summed E-state index contributed by atoms with van der Waals surface area (Å²) in [6, 6.07) is 19.6. The number of ether oxygens (including phenoxy) is 1. The number of hydrogen-bond acceptors (Lipinski definition) is 5. The van der Waals surface area contributed by atoms with Crippen molar-refractivity contribution in [3.8, 4) is 5.75 Å². The fraction of sp³-hybridized carbons (Fsp3) is 0.120. The van der Waals surface area contributed by atoms with Crippen LogP contribution in [-0.4, -0.2) is 43.0 Å². The minimum Gasteiger partial charge on any atom is -0.492 e. The fourth-order valence-corrected chi connectivity index (χ4v) is 3.91. The molecule has 5 rings (SSSR count). The predicted molar refractivity (Wildman–Crippen MR) is 129 cm³/mol. The summed E-state index contributed by atoms with van der Waals surface area (Å²) in [6.45, 7) is 0.837. The first kappa shape index (κ1) is 21.2. The van der Waals surface area contributed by atoms with Gasteiger partial charge in [-0.2, -0.15) is 0 Å². The van der Waals surface area contributed by atoms with Gasteiger partial charge in [-0.05, 0) is 54.6 Å². The van der Waals surface area contributed by atoms with E-state index in [-0.39, 0.29) is 11.4 Å². The number of aromatic nitrogens is 4. The number of nitrogens with zero attached hydrogens (tertiary/aromatic N) is 3.